The summed E-state index contributed by atoms with van der Waals surface area (Å²) in [5.41, 5.74) is 0. The van der Waals surface area contributed by atoms with Crippen LogP contribution in [0.25, 0.3) is 0 Å². The van der Waals surface area contributed by atoms with Crippen LogP contribution in [-0.2, 0) is 4.79 Å². The predicted molar refractivity (Wildman–Crippen MR) is 65.9 cm³/mol. The van der Waals surface area contributed by atoms with Gasteiger partial charge in [0, 0.05) is 11.8 Å². The number of aliphatic carboxylic acids is 1. The molecule has 3 atom stereocenters. The van der Waals surface area contributed by atoms with Gasteiger partial charge in [-0.1, -0.05) is 0 Å². The van der Waals surface area contributed by atoms with Crippen LogP contribution < -0.4 is 5.32 Å². The molecule has 96 valence electrons. The Morgan fingerprint density at radius 3 is 2.65 bits per heavy atom. The number of carbonyl (C=O) groups is 2. The molecule has 1 heterocycles. The van der Waals surface area contributed by atoms with Gasteiger partial charge >= 0.3 is 12.0 Å². The van der Waals surface area contributed by atoms with Crippen molar-refractivity contribution in [3.05, 3.63) is 0 Å². The number of nitrogens with one attached hydrogen (secondary N) is 1. The van der Waals surface area contributed by atoms with Crippen LogP contribution in [0.4, 0.5) is 4.79 Å². The molecule has 1 aliphatic carbocycles. The molecule has 5 nitrogen and oxygen atoms in total. The molecular formula is C11H18N2O3S. The van der Waals surface area contributed by atoms with Gasteiger partial charge in [-0.15, -0.1) is 11.8 Å². The fourth-order valence-electron chi connectivity index (χ4n) is 2.12. The van der Waals surface area contributed by atoms with Gasteiger partial charge in [0.1, 0.15) is 6.04 Å². The Kier molecular flexibility index (Phi) is 3.51. The summed E-state index contributed by atoms with van der Waals surface area (Å²) in [4.78, 5) is 24.6. The van der Waals surface area contributed by atoms with E-state index >= 15 is 0 Å². The third-order valence-electron chi connectivity index (χ3n) is 3.42. The van der Waals surface area contributed by atoms with Crippen LogP contribution in [0, 0.1) is 5.92 Å². The van der Waals surface area contributed by atoms with Gasteiger partial charge in [-0.25, -0.2) is 9.59 Å². The molecule has 2 amide bonds. The summed E-state index contributed by atoms with van der Waals surface area (Å²) in [6.45, 7) is 3.86. The molecule has 0 aromatic rings. The number of thioether (sulfide) groups is 1. The van der Waals surface area contributed by atoms with E-state index in [-0.39, 0.29) is 17.4 Å². The van der Waals surface area contributed by atoms with Crippen LogP contribution >= 0.6 is 11.8 Å². The Morgan fingerprint density at radius 1 is 1.47 bits per heavy atom. The second kappa shape index (κ2) is 4.76. The maximum absolute atomic E-state index is 12.1. The minimum Gasteiger partial charge on any atom is -0.480 e. The number of carboxylic acids is 1. The average Bonchev–Trinajstić information content (AvgIpc) is 3.01. The van der Waals surface area contributed by atoms with Crippen molar-refractivity contribution >= 4 is 23.8 Å². The third kappa shape index (κ3) is 2.68. The zero-order chi connectivity index (χ0) is 12.6. The van der Waals surface area contributed by atoms with Crippen molar-refractivity contribution in [3.8, 4) is 0 Å². The number of hydrogen-bond acceptors (Lipinski definition) is 3. The molecule has 2 N–H and O–H groups in total. The lowest BCUT2D eigenvalue weighted by Gasteiger charge is -2.27. The fourth-order valence-corrected chi connectivity index (χ4v) is 3.29. The molecule has 1 saturated heterocycles. The summed E-state index contributed by atoms with van der Waals surface area (Å²) in [7, 11) is 0. The summed E-state index contributed by atoms with van der Waals surface area (Å²) in [5.74, 6) is 0.130. The maximum atomic E-state index is 12.1. The van der Waals surface area contributed by atoms with Crippen LogP contribution in [0.1, 0.15) is 26.7 Å². The lowest BCUT2D eigenvalue weighted by molar-refractivity contribution is -0.141. The number of amides is 2. The summed E-state index contributed by atoms with van der Waals surface area (Å²) in [6, 6.07) is -0.787. The van der Waals surface area contributed by atoms with Gasteiger partial charge < -0.3 is 10.4 Å². The molecule has 2 rings (SSSR count). The Morgan fingerprint density at radius 2 is 2.12 bits per heavy atom. The van der Waals surface area contributed by atoms with E-state index < -0.39 is 12.0 Å². The highest BCUT2D eigenvalue weighted by molar-refractivity contribution is 8.00. The Bertz CT molecular complexity index is 333. The largest absolute Gasteiger partial charge is 0.480 e. The molecule has 0 aromatic carbocycles. The molecule has 0 bridgehead atoms. The van der Waals surface area contributed by atoms with E-state index in [1.165, 1.54) is 16.7 Å². The first-order chi connectivity index (χ1) is 8.00. The van der Waals surface area contributed by atoms with E-state index in [4.69, 9.17) is 5.11 Å². The Labute approximate surface area is 105 Å². The highest BCUT2D eigenvalue weighted by Crippen LogP contribution is 2.33. The molecule has 0 radical (unpaired) electrons. The normalized spacial score (nSPS) is 30.1. The Balaban J connectivity index is 1.97. The predicted octanol–water partition coefficient (Wildman–Crippen LogP) is 1.34. The molecule has 1 aliphatic heterocycles. The minimum atomic E-state index is -0.920. The van der Waals surface area contributed by atoms with Crippen molar-refractivity contribution in [3.63, 3.8) is 0 Å². The van der Waals surface area contributed by atoms with E-state index in [2.05, 4.69) is 5.32 Å². The lowest BCUT2D eigenvalue weighted by atomic mass is 10.2. The highest BCUT2D eigenvalue weighted by atomic mass is 32.2. The van der Waals surface area contributed by atoms with Crippen LogP contribution in [-0.4, -0.2) is 45.2 Å². The molecule has 1 saturated carbocycles. The van der Waals surface area contributed by atoms with Gasteiger partial charge in [-0.3, -0.25) is 4.90 Å². The highest BCUT2D eigenvalue weighted by Gasteiger charge is 2.40. The van der Waals surface area contributed by atoms with E-state index in [0.717, 1.165) is 12.8 Å². The van der Waals surface area contributed by atoms with Crippen molar-refractivity contribution in [1.82, 2.24) is 10.2 Å². The van der Waals surface area contributed by atoms with Crippen molar-refractivity contribution in [2.45, 2.75) is 44.1 Å². The van der Waals surface area contributed by atoms with Gasteiger partial charge in [0.05, 0.1) is 5.37 Å². The first kappa shape index (κ1) is 12.5. The third-order valence-corrected chi connectivity index (χ3v) is 4.64. The maximum Gasteiger partial charge on any atom is 0.327 e. The standard InChI is InChI=1S/C11H18N2O3S/c1-6(8-3-4-8)12-11(16)13-7(2)17-5-9(13)10(14)15/h6-9H,3-5H2,1-2H3,(H,12,16)(H,14,15). The molecule has 0 aromatic heterocycles. The summed E-state index contributed by atoms with van der Waals surface area (Å²) in [5, 5.41) is 11.9. The summed E-state index contributed by atoms with van der Waals surface area (Å²) < 4.78 is 0. The van der Waals surface area contributed by atoms with Gasteiger partial charge in [0.2, 0.25) is 0 Å². The molecular weight excluding hydrogens is 240 g/mol. The smallest absolute Gasteiger partial charge is 0.327 e. The van der Waals surface area contributed by atoms with Gasteiger partial charge in [-0.05, 0) is 32.6 Å². The quantitative estimate of drug-likeness (QED) is 0.801. The van der Waals surface area contributed by atoms with Gasteiger partial charge in [-0.2, -0.15) is 0 Å². The van der Waals surface area contributed by atoms with E-state index in [1.807, 2.05) is 13.8 Å². The molecule has 6 heteroatoms. The second-order valence-corrected chi connectivity index (χ2v) is 6.12. The molecule has 2 aliphatic rings. The zero-order valence-corrected chi connectivity index (χ0v) is 10.9. The van der Waals surface area contributed by atoms with Crippen molar-refractivity contribution in [1.29, 1.82) is 0 Å². The van der Waals surface area contributed by atoms with Crippen LogP contribution in [0.5, 0.6) is 0 Å². The second-order valence-electron chi connectivity index (χ2n) is 4.77. The van der Waals surface area contributed by atoms with E-state index in [1.54, 1.807) is 0 Å². The first-order valence-corrected chi connectivity index (χ1v) is 6.99. The SMILES string of the molecule is CC(NC(=O)N1C(C)SCC1C(=O)O)C1CC1. The van der Waals surface area contributed by atoms with Crippen molar-refractivity contribution in [2.75, 3.05) is 5.75 Å². The molecule has 17 heavy (non-hydrogen) atoms. The van der Waals surface area contributed by atoms with Crippen LogP contribution in [0.3, 0.4) is 0 Å². The zero-order valence-electron chi connectivity index (χ0n) is 10.0. The summed E-state index contributed by atoms with van der Waals surface area (Å²) in [6.07, 6.45) is 2.32. The number of nitrogens with zero attached hydrogens (tertiary/aromatic N) is 1. The number of rotatable bonds is 3. The van der Waals surface area contributed by atoms with Gasteiger partial charge in [0.15, 0.2) is 0 Å². The molecule has 2 fully saturated rings. The van der Waals surface area contributed by atoms with Gasteiger partial charge in [0.25, 0.3) is 0 Å². The lowest BCUT2D eigenvalue weighted by Crippen LogP contribution is -2.51. The summed E-state index contributed by atoms with van der Waals surface area (Å²) >= 11 is 1.51. The monoisotopic (exact) mass is 258 g/mol. The minimum absolute atomic E-state index is 0.0671. The van der Waals surface area contributed by atoms with E-state index in [9.17, 15) is 9.59 Å². The number of hydrogen-bond donors (Lipinski definition) is 2. The van der Waals surface area contributed by atoms with Crippen molar-refractivity contribution in [2.24, 2.45) is 5.92 Å². The number of urea groups is 1. The van der Waals surface area contributed by atoms with E-state index in [0.29, 0.717) is 11.7 Å². The molecule has 3 unspecified atom stereocenters. The van der Waals surface area contributed by atoms with Crippen LogP contribution in [0.15, 0.2) is 0 Å². The Hall–Kier alpha value is -0.910. The van der Waals surface area contributed by atoms with Crippen LogP contribution in [0.2, 0.25) is 0 Å². The number of carbonyl (C=O) groups excluding carboxylic acids is 1. The average molecular weight is 258 g/mol. The van der Waals surface area contributed by atoms with Crippen molar-refractivity contribution < 1.29 is 14.7 Å². The topological polar surface area (TPSA) is 69.6 Å². The fraction of sp³-hybridized carbons (Fsp3) is 0.818. The first-order valence-electron chi connectivity index (χ1n) is 5.94. The number of carboxylic acid groups (broad SMARTS) is 1. The molecule has 0 spiro atoms.